The van der Waals surface area contributed by atoms with Crippen LogP contribution in [0.3, 0.4) is 0 Å². The molecule has 0 unspecified atom stereocenters. The van der Waals surface area contributed by atoms with Gasteiger partial charge in [0.2, 0.25) is 5.88 Å². The van der Waals surface area contributed by atoms with Gasteiger partial charge in [-0.3, -0.25) is 9.78 Å². The van der Waals surface area contributed by atoms with E-state index in [4.69, 9.17) is 9.84 Å². The summed E-state index contributed by atoms with van der Waals surface area (Å²) in [6.45, 7) is 1.92. The molecule has 0 saturated heterocycles. The van der Waals surface area contributed by atoms with Crippen molar-refractivity contribution in [2.75, 3.05) is 0 Å². The second-order valence-corrected chi connectivity index (χ2v) is 5.31. The minimum absolute atomic E-state index is 0.121. The van der Waals surface area contributed by atoms with Crippen LogP contribution in [0.5, 0.6) is 11.6 Å². The number of pyridine rings is 2. The molecule has 0 bridgehead atoms. The van der Waals surface area contributed by atoms with Gasteiger partial charge in [0.25, 0.3) is 0 Å². The van der Waals surface area contributed by atoms with Gasteiger partial charge in [-0.2, -0.15) is 0 Å². The molecule has 0 atom stereocenters. The van der Waals surface area contributed by atoms with Crippen LogP contribution in [-0.2, 0) is 11.2 Å². The summed E-state index contributed by atoms with van der Waals surface area (Å²) in [7, 11) is 0. The summed E-state index contributed by atoms with van der Waals surface area (Å²) >= 11 is 0. The van der Waals surface area contributed by atoms with Crippen molar-refractivity contribution in [1.82, 2.24) is 9.97 Å². The number of hydrogen-bond acceptors (Lipinski definition) is 4. The van der Waals surface area contributed by atoms with Crippen LogP contribution in [0.4, 0.5) is 0 Å². The van der Waals surface area contributed by atoms with Crippen LogP contribution < -0.4 is 4.74 Å². The molecule has 0 amide bonds. The smallest absolute Gasteiger partial charge is 0.303 e. The number of aromatic nitrogens is 2. The third-order valence-corrected chi connectivity index (χ3v) is 3.49. The van der Waals surface area contributed by atoms with E-state index in [1.807, 2.05) is 43.3 Å². The van der Waals surface area contributed by atoms with Gasteiger partial charge in [0.05, 0.1) is 5.39 Å². The van der Waals surface area contributed by atoms with Crippen LogP contribution in [0.15, 0.2) is 48.8 Å². The van der Waals surface area contributed by atoms with Crippen LogP contribution in [-0.4, -0.2) is 21.0 Å². The molecule has 0 aliphatic carbocycles. The number of carboxylic acids is 1. The Morgan fingerprint density at radius 3 is 2.74 bits per heavy atom. The topological polar surface area (TPSA) is 72.3 Å². The number of benzene rings is 1. The highest BCUT2D eigenvalue weighted by molar-refractivity contribution is 5.86. The summed E-state index contributed by atoms with van der Waals surface area (Å²) < 4.78 is 5.89. The second-order valence-electron chi connectivity index (χ2n) is 5.31. The van der Waals surface area contributed by atoms with Crippen molar-refractivity contribution in [1.29, 1.82) is 0 Å². The molecule has 0 fully saturated rings. The molecule has 2 heterocycles. The van der Waals surface area contributed by atoms with Gasteiger partial charge in [-0.25, -0.2) is 4.98 Å². The first-order valence-corrected chi connectivity index (χ1v) is 7.32. The highest BCUT2D eigenvalue weighted by Gasteiger charge is 2.07. The summed E-state index contributed by atoms with van der Waals surface area (Å²) in [6.07, 6.45) is 4.10. The molecule has 3 rings (SSSR count). The van der Waals surface area contributed by atoms with Gasteiger partial charge >= 0.3 is 5.97 Å². The minimum atomic E-state index is -0.798. The Labute approximate surface area is 133 Å². The average Bonchev–Trinajstić information content (AvgIpc) is 2.54. The number of aryl methyl sites for hydroxylation is 2. The van der Waals surface area contributed by atoms with E-state index >= 15 is 0 Å². The zero-order valence-corrected chi connectivity index (χ0v) is 12.7. The number of hydrogen-bond donors (Lipinski definition) is 1. The number of aliphatic carboxylic acids is 1. The molecule has 3 aromatic rings. The van der Waals surface area contributed by atoms with Crippen LogP contribution in [0.25, 0.3) is 10.8 Å². The van der Waals surface area contributed by atoms with Gasteiger partial charge < -0.3 is 9.84 Å². The van der Waals surface area contributed by atoms with Crippen molar-refractivity contribution in [2.24, 2.45) is 0 Å². The lowest BCUT2D eigenvalue weighted by molar-refractivity contribution is -0.136. The molecule has 116 valence electrons. The molecule has 0 radical (unpaired) electrons. The summed E-state index contributed by atoms with van der Waals surface area (Å²) in [6, 6.07) is 11.3. The third-order valence-electron chi connectivity index (χ3n) is 3.49. The maximum absolute atomic E-state index is 10.6. The lowest BCUT2D eigenvalue weighted by Gasteiger charge is -2.09. The Morgan fingerprint density at radius 2 is 2.00 bits per heavy atom. The summed E-state index contributed by atoms with van der Waals surface area (Å²) in [4.78, 5) is 19.2. The summed E-state index contributed by atoms with van der Waals surface area (Å²) in [5.41, 5.74) is 1.83. The Bertz CT molecular complexity index is 845. The fourth-order valence-corrected chi connectivity index (χ4v) is 2.35. The lowest BCUT2D eigenvalue weighted by atomic mass is 10.1. The van der Waals surface area contributed by atoms with Crippen LogP contribution in [0.1, 0.15) is 17.7 Å². The Kier molecular flexibility index (Phi) is 4.19. The Morgan fingerprint density at radius 1 is 1.22 bits per heavy atom. The van der Waals surface area contributed by atoms with Crippen molar-refractivity contribution in [3.63, 3.8) is 0 Å². The molecule has 0 aliphatic heterocycles. The van der Waals surface area contributed by atoms with Gasteiger partial charge in [-0.15, -0.1) is 0 Å². The van der Waals surface area contributed by atoms with Gasteiger partial charge in [0, 0.05) is 24.5 Å². The van der Waals surface area contributed by atoms with Crippen LogP contribution >= 0.6 is 0 Å². The fraction of sp³-hybridized carbons (Fsp3) is 0.167. The largest absolute Gasteiger partial charge is 0.481 e. The first kappa shape index (κ1) is 15.0. The predicted octanol–water partition coefficient (Wildman–Crippen LogP) is 3.75. The van der Waals surface area contributed by atoms with Crippen LogP contribution in [0, 0.1) is 6.92 Å². The molecule has 0 saturated carbocycles. The molecule has 1 N–H and O–H groups in total. The van der Waals surface area contributed by atoms with Gasteiger partial charge in [-0.1, -0.05) is 12.1 Å². The van der Waals surface area contributed by atoms with Crippen LogP contribution in [0.2, 0.25) is 0 Å². The maximum Gasteiger partial charge on any atom is 0.303 e. The van der Waals surface area contributed by atoms with Crippen molar-refractivity contribution < 1.29 is 14.6 Å². The van der Waals surface area contributed by atoms with E-state index < -0.39 is 5.97 Å². The highest BCUT2D eigenvalue weighted by atomic mass is 16.5. The Hall–Kier alpha value is -2.95. The molecule has 2 aromatic heterocycles. The van der Waals surface area contributed by atoms with Gasteiger partial charge in [0.1, 0.15) is 5.75 Å². The molecular formula is C18H16N2O3. The summed E-state index contributed by atoms with van der Waals surface area (Å²) in [5.74, 6) is 0.381. The van der Waals surface area contributed by atoms with E-state index in [1.54, 1.807) is 12.4 Å². The molecule has 5 heteroatoms. The van der Waals surface area contributed by atoms with E-state index in [1.165, 1.54) is 0 Å². The third kappa shape index (κ3) is 3.63. The van der Waals surface area contributed by atoms with E-state index in [-0.39, 0.29) is 6.42 Å². The van der Waals surface area contributed by atoms with Gasteiger partial charge in [-0.05, 0) is 48.6 Å². The van der Waals surface area contributed by atoms with Crippen molar-refractivity contribution in [3.05, 3.63) is 60.0 Å². The first-order valence-electron chi connectivity index (χ1n) is 7.32. The predicted molar refractivity (Wildman–Crippen MR) is 86.7 cm³/mol. The molecule has 23 heavy (non-hydrogen) atoms. The number of fused-ring (bicyclic) bond motifs is 1. The number of carbonyl (C=O) groups is 1. The average molecular weight is 308 g/mol. The monoisotopic (exact) mass is 308 g/mol. The zero-order valence-electron chi connectivity index (χ0n) is 12.7. The lowest BCUT2D eigenvalue weighted by Crippen LogP contribution is -1.97. The molecule has 1 aromatic carbocycles. The van der Waals surface area contributed by atoms with Crippen molar-refractivity contribution >= 4 is 16.7 Å². The van der Waals surface area contributed by atoms with E-state index in [2.05, 4.69) is 9.97 Å². The molecule has 5 nitrogen and oxygen atoms in total. The van der Waals surface area contributed by atoms with Crippen molar-refractivity contribution in [2.45, 2.75) is 19.8 Å². The normalized spacial score (nSPS) is 10.7. The quantitative estimate of drug-likeness (QED) is 0.777. The zero-order chi connectivity index (χ0) is 16.2. The SMILES string of the molecule is Cc1cc2ccncc2c(Oc2ccc(CCC(=O)O)cc2)n1. The first-order chi connectivity index (χ1) is 11.1. The molecule has 0 aliphatic rings. The highest BCUT2D eigenvalue weighted by Crippen LogP contribution is 2.28. The number of nitrogens with zero attached hydrogens (tertiary/aromatic N) is 2. The van der Waals surface area contributed by atoms with E-state index in [0.717, 1.165) is 22.0 Å². The maximum atomic E-state index is 10.6. The second kappa shape index (κ2) is 6.44. The standard InChI is InChI=1S/C18H16N2O3/c1-12-10-14-8-9-19-11-16(14)18(20-12)23-15-5-2-13(3-6-15)4-7-17(21)22/h2-3,5-6,8-11H,4,7H2,1H3,(H,21,22). The van der Waals surface area contributed by atoms with Gasteiger partial charge in [0.15, 0.2) is 0 Å². The fourth-order valence-electron chi connectivity index (χ4n) is 2.35. The van der Waals surface area contributed by atoms with E-state index in [0.29, 0.717) is 18.1 Å². The Balaban J connectivity index is 1.83. The minimum Gasteiger partial charge on any atom is -0.481 e. The number of ether oxygens (including phenoxy) is 1. The number of carboxylic acid groups (broad SMARTS) is 1. The van der Waals surface area contributed by atoms with E-state index in [9.17, 15) is 4.79 Å². The molecule has 0 spiro atoms. The number of rotatable bonds is 5. The van der Waals surface area contributed by atoms with Crippen molar-refractivity contribution in [3.8, 4) is 11.6 Å². The summed E-state index contributed by atoms with van der Waals surface area (Å²) in [5, 5.41) is 10.6. The molecular weight excluding hydrogens is 292 g/mol.